The number of carbonyl (C=O) groups is 3. The molecule has 7 heteroatoms. The van der Waals surface area contributed by atoms with Gasteiger partial charge in [-0.05, 0) is 69.1 Å². The molecule has 1 aliphatic rings. The second kappa shape index (κ2) is 13.7. The lowest BCUT2D eigenvalue weighted by Gasteiger charge is -2.30. The number of rotatable bonds is 12. The number of nitrogens with one attached hydrogen (secondary N) is 1. The van der Waals surface area contributed by atoms with Crippen molar-refractivity contribution in [3.63, 3.8) is 0 Å². The second-order valence-corrected chi connectivity index (χ2v) is 10.5. The van der Waals surface area contributed by atoms with Crippen LogP contribution in [0.5, 0.6) is 5.75 Å². The summed E-state index contributed by atoms with van der Waals surface area (Å²) in [5, 5.41) is 3.29. The molecule has 1 N–H and O–H groups in total. The van der Waals surface area contributed by atoms with Gasteiger partial charge in [0.2, 0.25) is 0 Å². The van der Waals surface area contributed by atoms with Crippen LogP contribution in [-0.4, -0.2) is 36.4 Å². The number of benzene rings is 1. The van der Waals surface area contributed by atoms with Gasteiger partial charge in [-0.25, -0.2) is 0 Å². The Hall–Kier alpha value is -2.08. The van der Waals surface area contributed by atoms with E-state index in [2.05, 4.69) is 5.32 Å². The molecule has 0 bridgehead atoms. The molecule has 0 saturated heterocycles. The topological polar surface area (TPSA) is 81.7 Å². The van der Waals surface area contributed by atoms with E-state index in [-0.39, 0.29) is 23.8 Å². The lowest BCUT2D eigenvalue weighted by atomic mass is 9.77. The number of halogens is 1. The van der Waals surface area contributed by atoms with E-state index >= 15 is 0 Å². The van der Waals surface area contributed by atoms with Crippen molar-refractivity contribution in [2.75, 3.05) is 6.61 Å². The van der Waals surface area contributed by atoms with Gasteiger partial charge in [0.15, 0.2) is 5.78 Å². The molecule has 0 radical (unpaired) electrons. The van der Waals surface area contributed by atoms with Crippen molar-refractivity contribution < 1.29 is 23.9 Å². The number of esters is 1. The maximum atomic E-state index is 12.9. The van der Waals surface area contributed by atoms with E-state index in [1.165, 1.54) is 0 Å². The number of Topliss-reactive ketones (excluding diaryl/α,β-unsaturated/α-hetero) is 1. The molecule has 1 aliphatic carbocycles. The average molecular weight is 494 g/mol. The molecule has 0 heterocycles. The fraction of sp³-hybridized carbons (Fsp3) is 0.667. The van der Waals surface area contributed by atoms with Gasteiger partial charge in [0.25, 0.3) is 5.91 Å². The van der Waals surface area contributed by atoms with Gasteiger partial charge < -0.3 is 14.8 Å². The van der Waals surface area contributed by atoms with E-state index in [1.54, 1.807) is 18.2 Å². The van der Waals surface area contributed by atoms with Gasteiger partial charge in [-0.3, -0.25) is 14.4 Å². The van der Waals surface area contributed by atoms with Crippen molar-refractivity contribution in [1.29, 1.82) is 0 Å². The highest BCUT2D eigenvalue weighted by Gasteiger charge is 2.29. The summed E-state index contributed by atoms with van der Waals surface area (Å²) in [6.07, 6.45) is 5.19. The van der Waals surface area contributed by atoms with Crippen LogP contribution in [0, 0.1) is 17.8 Å². The highest BCUT2D eigenvalue weighted by Crippen LogP contribution is 2.34. The van der Waals surface area contributed by atoms with Crippen LogP contribution in [0.4, 0.5) is 0 Å². The molecule has 1 atom stereocenters. The maximum absolute atomic E-state index is 12.9. The first-order chi connectivity index (χ1) is 16.1. The number of carbonyl (C=O) groups excluding carboxylic acids is 3. The SMILES string of the molecule is CCC(=O)C(CC1CCC(CC(=O)OCC(C)C)CC1)NC(=O)c1ccc(OC(C)C)c(Cl)c1. The predicted molar refractivity (Wildman–Crippen MR) is 134 cm³/mol. The normalized spacial score (nSPS) is 19.1. The van der Waals surface area contributed by atoms with Gasteiger partial charge in [-0.1, -0.05) is 45.2 Å². The summed E-state index contributed by atoms with van der Waals surface area (Å²) in [5.74, 6) is 1.13. The summed E-state index contributed by atoms with van der Waals surface area (Å²) >= 11 is 6.28. The average Bonchev–Trinajstić information content (AvgIpc) is 2.79. The molecule has 1 unspecified atom stereocenters. The Morgan fingerprint density at radius 2 is 1.71 bits per heavy atom. The minimum Gasteiger partial charge on any atom is -0.489 e. The Kier molecular flexibility index (Phi) is 11.4. The first kappa shape index (κ1) is 28.2. The zero-order valence-electron chi connectivity index (χ0n) is 21.2. The smallest absolute Gasteiger partial charge is 0.306 e. The van der Waals surface area contributed by atoms with Gasteiger partial charge in [0.05, 0.1) is 23.8 Å². The van der Waals surface area contributed by atoms with Crippen molar-refractivity contribution in [3.8, 4) is 5.75 Å². The largest absolute Gasteiger partial charge is 0.489 e. The molecule has 2 rings (SSSR count). The van der Waals surface area contributed by atoms with Crippen LogP contribution >= 0.6 is 11.6 Å². The summed E-state index contributed by atoms with van der Waals surface area (Å²) in [5.41, 5.74) is 0.402. The molecule has 190 valence electrons. The van der Waals surface area contributed by atoms with Crippen molar-refractivity contribution in [2.24, 2.45) is 17.8 Å². The Morgan fingerprint density at radius 1 is 1.06 bits per heavy atom. The zero-order chi connectivity index (χ0) is 25.3. The van der Waals surface area contributed by atoms with Crippen LogP contribution in [0.15, 0.2) is 18.2 Å². The second-order valence-electron chi connectivity index (χ2n) is 10.1. The Morgan fingerprint density at radius 3 is 2.26 bits per heavy atom. The van der Waals surface area contributed by atoms with Crippen LogP contribution in [0.3, 0.4) is 0 Å². The first-order valence-electron chi connectivity index (χ1n) is 12.5. The van der Waals surface area contributed by atoms with Gasteiger partial charge in [0.1, 0.15) is 5.75 Å². The summed E-state index contributed by atoms with van der Waals surface area (Å²) < 4.78 is 10.9. The minimum atomic E-state index is -0.527. The third-order valence-corrected chi connectivity index (χ3v) is 6.46. The number of ketones is 1. The van der Waals surface area contributed by atoms with Crippen LogP contribution in [-0.2, 0) is 14.3 Å². The third kappa shape index (κ3) is 9.28. The number of amides is 1. The lowest BCUT2D eigenvalue weighted by molar-refractivity contribution is -0.146. The monoisotopic (exact) mass is 493 g/mol. The molecule has 1 aromatic carbocycles. The standard InChI is InChI=1S/C27H40ClNO5/c1-6-24(30)23(29-27(32)21-11-12-25(22(28)15-21)34-18(4)5)13-19-7-9-20(10-8-19)14-26(31)33-16-17(2)3/h11-12,15,17-20,23H,6-10,13-14,16H2,1-5H3,(H,29,32). The molecule has 0 spiro atoms. The molecule has 0 aromatic heterocycles. The molecule has 1 fully saturated rings. The summed E-state index contributed by atoms with van der Waals surface area (Å²) in [7, 11) is 0. The molecule has 6 nitrogen and oxygen atoms in total. The summed E-state index contributed by atoms with van der Waals surface area (Å²) in [4.78, 5) is 37.5. The van der Waals surface area contributed by atoms with E-state index in [0.29, 0.717) is 60.0 Å². The number of hydrogen-bond donors (Lipinski definition) is 1. The Labute approximate surface area is 209 Å². The lowest BCUT2D eigenvalue weighted by Crippen LogP contribution is -2.42. The molecule has 34 heavy (non-hydrogen) atoms. The van der Waals surface area contributed by atoms with Gasteiger partial charge >= 0.3 is 5.97 Å². The maximum Gasteiger partial charge on any atom is 0.306 e. The molecule has 0 aliphatic heterocycles. The summed E-state index contributed by atoms with van der Waals surface area (Å²) in [6, 6.07) is 4.39. The summed E-state index contributed by atoms with van der Waals surface area (Å²) in [6.45, 7) is 10.1. The van der Waals surface area contributed by atoms with Crippen molar-refractivity contribution in [3.05, 3.63) is 28.8 Å². The zero-order valence-corrected chi connectivity index (χ0v) is 22.0. The molecule has 1 saturated carbocycles. The van der Waals surface area contributed by atoms with Crippen LogP contribution in [0.1, 0.15) is 89.9 Å². The first-order valence-corrected chi connectivity index (χ1v) is 12.9. The van der Waals surface area contributed by atoms with Gasteiger partial charge in [-0.15, -0.1) is 0 Å². The Bertz CT molecular complexity index is 830. The molecule has 1 amide bonds. The number of hydrogen-bond acceptors (Lipinski definition) is 5. The van der Waals surface area contributed by atoms with Crippen LogP contribution in [0.25, 0.3) is 0 Å². The molecule has 1 aromatic rings. The third-order valence-electron chi connectivity index (χ3n) is 6.17. The van der Waals surface area contributed by atoms with E-state index in [9.17, 15) is 14.4 Å². The van der Waals surface area contributed by atoms with E-state index in [1.807, 2.05) is 34.6 Å². The van der Waals surface area contributed by atoms with Gasteiger partial charge in [0, 0.05) is 18.4 Å². The Balaban J connectivity index is 1.91. The van der Waals surface area contributed by atoms with Crippen molar-refractivity contribution in [1.82, 2.24) is 5.32 Å². The fourth-order valence-electron chi connectivity index (χ4n) is 4.31. The predicted octanol–water partition coefficient (Wildman–Crippen LogP) is 5.99. The van der Waals surface area contributed by atoms with E-state index in [0.717, 1.165) is 25.7 Å². The quantitative estimate of drug-likeness (QED) is 0.361. The van der Waals surface area contributed by atoms with Crippen LogP contribution < -0.4 is 10.1 Å². The number of ether oxygens (including phenoxy) is 2. The van der Waals surface area contributed by atoms with Crippen molar-refractivity contribution >= 4 is 29.3 Å². The van der Waals surface area contributed by atoms with Crippen LogP contribution in [0.2, 0.25) is 5.02 Å². The van der Waals surface area contributed by atoms with E-state index < -0.39 is 6.04 Å². The molecular formula is C27H40ClNO5. The highest BCUT2D eigenvalue weighted by molar-refractivity contribution is 6.32. The van der Waals surface area contributed by atoms with E-state index in [4.69, 9.17) is 21.1 Å². The van der Waals surface area contributed by atoms with Crippen molar-refractivity contribution in [2.45, 2.75) is 91.7 Å². The highest BCUT2D eigenvalue weighted by atomic mass is 35.5. The molecular weight excluding hydrogens is 454 g/mol. The fourth-order valence-corrected chi connectivity index (χ4v) is 4.53. The van der Waals surface area contributed by atoms with Gasteiger partial charge in [-0.2, -0.15) is 0 Å². The minimum absolute atomic E-state index is 0.0236.